The van der Waals surface area contributed by atoms with Crippen LogP contribution in [0.3, 0.4) is 0 Å². The lowest BCUT2D eigenvalue weighted by Gasteiger charge is -2.07. The molecule has 4 heteroatoms. The Morgan fingerprint density at radius 1 is 1.33 bits per heavy atom. The van der Waals surface area contributed by atoms with Gasteiger partial charge in [-0.2, -0.15) is 5.10 Å². The van der Waals surface area contributed by atoms with E-state index in [9.17, 15) is 4.79 Å². The molecule has 0 aliphatic carbocycles. The first-order chi connectivity index (χ1) is 8.58. The highest BCUT2D eigenvalue weighted by molar-refractivity contribution is 5.88. The summed E-state index contributed by atoms with van der Waals surface area (Å²) in [5.41, 5.74) is 1.96. The van der Waals surface area contributed by atoms with E-state index in [-0.39, 0.29) is 5.78 Å². The van der Waals surface area contributed by atoms with Gasteiger partial charge in [-0.25, -0.2) is 0 Å². The van der Waals surface area contributed by atoms with Crippen LogP contribution in [0.25, 0.3) is 10.9 Å². The van der Waals surface area contributed by atoms with Crippen molar-refractivity contribution in [2.24, 2.45) is 7.05 Å². The second kappa shape index (κ2) is 5.31. The fourth-order valence-electron chi connectivity index (χ4n) is 2.04. The molecule has 2 aromatic rings. The van der Waals surface area contributed by atoms with Crippen LogP contribution in [0.15, 0.2) is 24.3 Å². The highest BCUT2D eigenvalue weighted by Gasteiger charge is 2.12. The normalized spacial score (nSPS) is 11.3. The Labute approximate surface area is 107 Å². The standard InChI is InChI=1S/C14H19N3O/c1-16(2)9-8-11(18)10-13-12-6-4-5-7-14(12)17(3)15-13/h4-7H,8-10H2,1-3H3. The minimum absolute atomic E-state index is 0.243. The van der Waals surface area contributed by atoms with Gasteiger partial charge >= 0.3 is 0 Å². The first-order valence-corrected chi connectivity index (χ1v) is 6.15. The Balaban J connectivity index is 2.14. The van der Waals surface area contributed by atoms with E-state index in [0.29, 0.717) is 12.8 Å². The summed E-state index contributed by atoms with van der Waals surface area (Å²) in [5, 5.41) is 5.52. The lowest BCUT2D eigenvalue weighted by atomic mass is 10.1. The molecule has 1 aromatic carbocycles. The van der Waals surface area contributed by atoms with Crippen molar-refractivity contribution in [1.82, 2.24) is 14.7 Å². The van der Waals surface area contributed by atoms with Gasteiger partial charge in [-0.3, -0.25) is 9.48 Å². The maximum atomic E-state index is 11.9. The Bertz CT molecular complexity index is 557. The van der Waals surface area contributed by atoms with Gasteiger partial charge < -0.3 is 4.90 Å². The summed E-state index contributed by atoms with van der Waals surface area (Å²) < 4.78 is 1.84. The number of ketones is 1. The van der Waals surface area contributed by atoms with Gasteiger partial charge in [0, 0.05) is 25.4 Å². The van der Waals surface area contributed by atoms with Crippen LogP contribution in [0.2, 0.25) is 0 Å². The number of aryl methyl sites for hydroxylation is 1. The molecule has 96 valence electrons. The smallest absolute Gasteiger partial charge is 0.140 e. The third-order valence-corrected chi connectivity index (χ3v) is 3.04. The third-order valence-electron chi connectivity index (χ3n) is 3.04. The summed E-state index contributed by atoms with van der Waals surface area (Å²) in [6.45, 7) is 0.795. The number of rotatable bonds is 5. The fourth-order valence-corrected chi connectivity index (χ4v) is 2.04. The number of hydrogen-bond donors (Lipinski definition) is 0. The summed E-state index contributed by atoms with van der Waals surface area (Å²) in [4.78, 5) is 13.9. The molecule has 0 bridgehead atoms. The van der Waals surface area contributed by atoms with E-state index in [4.69, 9.17) is 0 Å². The van der Waals surface area contributed by atoms with Crippen LogP contribution in [-0.4, -0.2) is 41.1 Å². The van der Waals surface area contributed by atoms with Gasteiger partial charge in [-0.05, 0) is 20.2 Å². The predicted molar refractivity (Wildman–Crippen MR) is 72.6 cm³/mol. The van der Waals surface area contributed by atoms with E-state index in [1.807, 2.05) is 55.0 Å². The monoisotopic (exact) mass is 245 g/mol. The number of Topliss-reactive ketones (excluding diaryl/α,β-unsaturated/α-hetero) is 1. The highest BCUT2D eigenvalue weighted by atomic mass is 16.1. The van der Waals surface area contributed by atoms with E-state index in [1.54, 1.807) is 0 Å². The van der Waals surface area contributed by atoms with Gasteiger partial charge in [-0.15, -0.1) is 0 Å². The van der Waals surface area contributed by atoms with Crippen LogP contribution in [0.4, 0.5) is 0 Å². The summed E-state index contributed by atoms with van der Waals surface area (Å²) in [6, 6.07) is 8.02. The Hall–Kier alpha value is -1.68. The summed E-state index contributed by atoms with van der Waals surface area (Å²) in [5.74, 6) is 0.243. The largest absolute Gasteiger partial charge is 0.309 e. The van der Waals surface area contributed by atoms with Gasteiger partial charge in [-0.1, -0.05) is 18.2 Å². The molecule has 0 aliphatic rings. The van der Waals surface area contributed by atoms with Crippen LogP contribution in [0.5, 0.6) is 0 Å². The maximum absolute atomic E-state index is 11.9. The van der Waals surface area contributed by atoms with Crippen molar-refractivity contribution in [2.45, 2.75) is 12.8 Å². The molecule has 18 heavy (non-hydrogen) atoms. The predicted octanol–water partition coefficient (Wildman–Crippen LogP) is 1.64. The van der Waals surface area contributed by atoms with Crippen molar-refractivity contribution in [3.63, 3.8) is 0 Å². The third kappa shape index (κ3) is 2.76. The zero-order valence-corrected chi connectivity index (χ0v) is 11.2. The number of nitrogens with zero attached hydrogens (tertiary/aromatic N) is 3. The molecular formula is C14H19N3O. The minimum atomic E-state index is 0.243. The molecule has 0 radical (unpaired) electrons. The molecule has 0 spiro atoms. The number of fused-ring (bicyclic) bond motifs is 1. The van der Waals surface area contributed by atoms with E-state index in [1.165, 1.54) is 0 Å². The average Bonchev–Trinajstić information content (AvgIpc) is 2.65. The molecule has 0 saturated heterocycles. The molecule has 0 aliphatic heterocycles. The van der Waals surface area contributed by atoms with Crippen molar-refractivity contribution in [2.75, 3.05) is 20.6 Å². The molecule has 0 amide bonds. The number of aromatic nitrogens is 2. The summed E-state index contributed by atoms with van der Waals surface area (Å²) in [7, 11) is 5.86. The number of carbonyl (C=O) groups excluding carboxylic acids is 1. The molecule has 0 fully saturated rings. The minimum Gasteiger partial charge on any atom is -0.309 e. The van der Waals surface area contributed by atoms with Crippen LogP contribution >= 0.6 is 0 Å². The second-order valence-electron chi connectivity index (χ2n) is 4.86. The zero-order chi connectivity index (χ0) is 13.1. The lowest BCUT2D eigenvalue weighted by molar-refractivity contribution is -0.118. The van der Waals surface area contributed by atoms with Crippen LogP contribution in [0, 0.1) is 0 Å². The molecule has 2 rings (SSSR count). The van der Waals surface area contributed by atoms with E-state index in [0.717, 1.165) is 23.1 Å². The van der Waals surface area contributed by atoms with Crippen molar-refractivity contribution < 1.29 is 4.79 Å². The van der Waals surface area contributed by atoms with Crippen molar-refractivity contribution in [3.05, 3.63) is 30.0 Å². The van der Waals surface area contributed by atoms with Crippen LogP contribution in [-0.2, 0) is 18.3 Å². The Morgan fingerprint density at radius 3 is 2.78 bits per heavy atom. The Morgan fingerprint density at radius 2 is 2.06 bits per heavy atom. The summed E-state index contributed by atoms with van der Waals surface area (Å²) >= 11 is 0. The van der Waals surface area contributed by atoms with Gasteiger partial charge in [0.15, 0.2) is 0 Å². The number of carbonyl (C=O) groups is 1. The molecule has 0 N–H and O–H groups in total. The molecular weight excluding hydrogens is 226 g/mol. The number of benzene rings is 1. The van der Waals surface area contributed by atoms with Crippen LogP contribution in [0.1, 0.15) is 12.1 Å². The molecule has 0 atom stereocenters. The summed E-state index contributed by atoms with van der Waals surface area (Å²) in [6.07, 6.45) is 1.01. The van der Waals surface area contributed by atoms with Crippen molar-refractivity contribution in [3.8, 4) is 0 Å². The van der Waals surface area contributed by atoms with Gasteiger partial charge in [0.2, 0.25) is 0 Å². The van der Waals surface area contributed by atoms with Gasteiger partial charge in [0.1, 0.15) is 5.78 Å². The lowest BCUT2D eigenvalue weighted by Crippen LogP contribution is -2.17. The Kier molecular flexibility index (Phi) is 3.77. The zero-order valence-electron chi connectivity index (χ0n) is 11.2. The average molecular weight is 245 g/mol. The molecule has 0 saturated carbocycles. The quantitative estimate of drug-likeness (QED) is 0.803. The fraction of sp³-hybridized carbons (Fsp3) is 0.429. The number of para-hydroxylation sites is 1. The van der Waals surface area contributed by atoms with E-state index < -0.39 is 0 Å². The topological polar surface area (TPSA) is 38.1 Å². The van der Waals surface area contributed by atoms with Gasteiger partial charge in [0.25, 0.3) is 0 Å². The molecule has 4 nitrogen and oxygen atoms in total. The molecule has 0 unspecified atom stereocenters. The second-order valence-corrected chi connectivity index (χ2v) is 4.86. The van der Waals surface area contributed by atoms with Gasteiger partial charge in [0.05, 0.1) is 17.6 Å². The van der Waals surface area contributed by atoms with E-state index in [2.05, 4.69) is 5.10 Å². The van der Waals surface area contributed by atoms with Crippen molar-refractivity contribution in [1.29, 1.82) is 0 Å². The van der Waals surface area contributed by atoms with E-state index >= 15 is 0 Å². The first-order valence-electron chi connectivity index (χ1n) is 6.15. The first kappa shape index (κ1) is 12.8. The molecule has 1 aromatic heterocycles. The molecule has 1 heterocycles. The SMILES string of the molecule is CN(C)CCC(=O)Cc1nn(C)c2ccccc12. The number of hydrogen-bond acceptors (Lipinski definition) is 3. The highest BCUT2D eigenvalue weighted by Crippen LogP contribution is 2.18. The maximum Gasteiger partial charge on any atom is 0.140 e. The van der Waals surface area contributed by atoms with Crippen molar-refractivity contribution >= 4 is 16.7 Å². The van der Waals surface area contributed by atoms with Crippen LogP contribution < -0.4 is 0 Å².